The first-order chi connectivity index (χ1) is 6.56. The van der Waals surface area contributed by atoms with Gasteiger partial charge in [0.15, 0.2) is 0 Å². The van der Waals surface area contributed by atoms with Crippen molar-refractivity contribution in [3.05, 3.63) is 28.0 Å². The number of carbonyl (C=O) groups excluding carboxylic acids is 1. The van der Waals surface area contributed by atoms with Gasteiger partial charge in [0.25, 0.3) is 0 Å². The SMILES string of the molecule is CCOC(=O)c1cc(F)c(N)c(Br)c1. The van der Waals surface area contributed by atoms with E-state index >= 15 is 0 Å². The van der Waals surface area contributed by atoms with Crippen LogP contribution in [-0.4, -0.2) is 12.6 Å². The zero-order valence-electron chi connectivity index (χ0n) is 7.51. The van der Waals surface area contributed by atoms with Gasteiger partial charge >= 0.3 is 5.97 Å². The largest absolute Gasteiger partial charge is 0.462 e. The molecule has 76 valence electrons. The van der Waals surface area contributed by atoms with Crippen LogP contribution in [0.15, 0.2) is 16.6 Å². The van der Waals surface area contributed by atoms with E-state index in [-0.39, 0.29) is 17.9 Å². The molecule has 14 heavy (non-hydrogen) atoms. The Labute approximate surface area is 89.2 Å². The van der Waals surface area contributed by atoms with Crippen molar-refractivity contribution in [1.82, 2.24) is 0 Å². The minimum absolute atomic E-state index is 0.0157. The molecule has 0 bridgehead atoms. The molecule has 0 aromatic heterocycles. The lowest BCUT2D eigenvalue weighted by molar-refractivity contribution is 0.0526. The molecule has 3 nitrogen and oxygen atoms in total. The molecule has 1 aromatic rings. The Morgan fingerprint density at radius 3 is 2.79 bits per heavy atom. The summed E-state index contributed by atoms with van der Waals surface area (Å²) in [6.45, 7) is 1.93. The Bertz CT molecular complexity index is 345. The lowest BCUT2D eigenvalue weighted by atomic mass is 10.2. The van der Waals surface area contributed by atoms with Crippen LogP contribution in [0.3, 0.4) is 0 Å². The van der Waals surface area contributed by atoms with E-state index in [0.29, 0.717) is 4.47 Å². The van der Waals surface area contributed by atoms with Gasteiger partial charge in [-0.2, -0.15) is 0 Å². The number of benzene rings is 1. The summed E-state index contributed by atoms with van der Waals surface area (Å²) in [7, 11) is 0. The number of nitrogen functional groups attached to an aromatic ring is 1. The number of rotatable bonds is 2. The van der Waals surface area contributed by atoms with Crippen LogP contribution in [-0.2, 0) is 4.74 Å². The van der Waals surface area contributed by atoms with Gasteiger partial charge in [-0.25, -0.2) is 9.18 Å². The zero-order chi connectivity index (χ0) is 10.7. The second-order valence-electron chi connectivity index (χ2n) is 2.57. The topological polar surface area (TPSA) is 52.3 Å². The average molecular weight is 262 g/mol. The third kappa shape index (κ3) is 2.23. The molecule has 1 aromatic carbocycles. The third-order valence-corrected chi connectivity index (χ3v) is 2.25. The van der Waals surface area contributed by atoms with Gasteiger partial charge in [-0.15, -0.1) is 0 Å². The first kappa shape index (κ1) is 11.0. The Morgan fingerprint density at radius 2 is 2.29 bits per heavy atom. The normalized spacial score (nSPS) is 9.93. The van der Waals surface area contributed by atoms with E-state index in [1.807, 2.05) is 0 Å². The highest BCUT2D eigenvalue weighted by atomic mass is 79.9. The molecule has 0 saturated heterocycles. The summed E-state index contributed by atoms with van der Waals surface area (Å²) < 4.78 is 18.1. The fourth-order valence-electron chi connectivity index (χ4n) is 0.917. The summed E-state index contributed by atoms with van der Waals surface area (Å²) in [6.07, 6.45) is 0. The Morgan fingerprint density at radius 1 is 1.64 bits per heavy atom. The molecule has 0 spiro atoms. The summed E-state index contributed by atoms with van der Waals surface area (Å²) in [6, 6.07) is 2.48. The monoisotopic (exact) mass is 261 g/mol. The van der Waals surface area contributed by atoms with Crippen LogP contribution in [0.1, 0.15) is 17.3 Å². The molecule has 2 N–H and O–H groups in total. The molecule has 0 aliphatic rings. The van der Waals surface area contributed by atoms with E-state index in [2.05, 4.69) is 15.9 Å². The first-order valence-electron chi connectivity index (χ1n) is 3.98. The Hall–Kier alpha value is -1.10. The van der Waals surface area contributed by atoms with Crippen molar-refractivity contribution in [2.45, 2.75) is 6.92 Å². The van der Waals surface area contributed by atoms with Crippen LogP contribution >= 0.6 is 15.9 Å². The van der Waals surface area contributed by atoms with Crippen LogP contribution in [0.5, 0.6) is 0 Å². The Balaban J connectivity index is 3.06. The van der Waals surface area contributed by atoms with E-state index in [1.165, 1.54) is 6.07 Å². The fourth-order valence-corrected chi connectivity index (χ4v) is 1.35. The van der Waals surface area contributed by atoms with E-state index in [9.17, 15) is 9.18 Å². The van der Waals surface area contributed by atoms with E-state index < -0.39 is 11.8 Å². The molecular formula is C9H9BrFNO2. The van der Waals surface area contributed by atoms with Crippen molar-refractivity contribution >= 4 is 27.6 Å². The number of esters is 1. The Kier molecular flexibility index (Phi) is 3.46. The molecule has 0 atom stereocenters. The molecule has 0 aliphatic heterocycles. The van der Waals surface area contributed by atoms with Crippen LogP contribution in [0.25, 0.3) is 0 Å². The van der Waals surface area contributed by atoms with Crippen LogP contribution in [0.4, 0.5) is 10.1 Å². The number of hydrogen-bond acceptors (Lipinski definition) is 3. The number of nitrogens with two attached hydrogens (primary N) is 1. The van der Waals surface area contributed by atoms with Crippen molar-refractivity contribution < 1.29 is 13.9 Å². The average Bonchev–Trinajstić information content (AvgIpc) is 2.13. The highest BCUT2D eigenvalue weighted by Gasteiger charge is 2.12. The van der Waals surface area contributed by atoms with Crippen molar-refractivity contribution in [3.63, 3.8) is 0 Å². The summed E-state index contributed by atoms with van der Waals surface area (Å²) in [5.74, 6) is -1.20. The van der Waals surface area contributed by atoms with Gasteiger partial charge < -0.3 is 10.5 Å². The molecule has 0 fully saturated rings. The highest BCUT2D eigenvalue weighted by molar-refractivity contribution is 9.10. The number of ether oxygens (including phenoxy) is 1. The molecule has 0 amide bonds. The summed E-state index contributed by atoms with van der Waals surface area (Å²) in [5, 5.41) is 0. The van der Waals surface area contributed by atoms with Gasteiger partial charge in [0.05, 0.1) is 17.9 Å². The molecule has 0 heterocycles. The smallest absolute Gasteiger partial charge is 0.338 e. The number of hydrogen-bond donors (Lipinski definition) is 1. The second kappa shape index (κ2) is 4.41. The quantitative estimate of drug-likeness (QED) is 0.657. The number of carbonyl (C=O) groups is 1. The molecule has 0 saturated carbocycles. The van der Waals surface area contributed by atoms with E-state index in [0.717, 1.165) is 6.07 Å². The van der Waals surface area contributed by atoms with Crippen molar-refractivity contribution in [1.29, 1.82) is 0 Å². The van der Waals surface area contributed by atoms with E-state index in [1.54, 1.807) is 6.92 Å². The maximum absolute atomic E-state index is 13.1. The van der Waals surface area contributed by atoms with Gasteiger partial charge in [0, 0.05) is 4.47 Å². The van der Waals surface area contributed by atoms with Crippen LogP contribution in [0, 0.1) is 5.82 Å². The zero-order valence-corrected chi connectivity index (χ0v) is 9.10. The number of halogens is 2. The minimum Gasteiger partial charge on any atom is -0.462 e. The summed E-state index contributed by atoms with van der Waals surface area (Å²) in [4.78, 5) is 11.2. The van der Waals surface area contributed by atoms with Crippen LogP contribution < -0.4 is 5.73 Å². The predicted molar refractivity (Wildman–Crippen MR) is 54.5 cm³/mol. The van der Waals surface area contributed by atoms with Gasteiger partial charge in [0.1, 0.15) is 5.82 Å². The highest BCUT2D eigenvalue weighted by Crippen LogP contribution is 2.24. The molecular weight excluding hydrogens is 253 g/mol. The van der Waals surface area contributed by atoms with Crippen molar-refractivity contribution in [3.8, 4) is 0 Å². The van der Waals surface area contributed by atoms with Crippen molar-refractivity contribution in [2.24, 2.45) is 0 Å². The maximum Gasteiger partial charge on any atom is 0.338 e. The van der Waals surface area contributed by atoms with Crippen LogP contribution in [0.2, 0.25) is 0 Å². The maximum atomic E-state index is 13.1. The molecule has 1 rings (SSSR count). The summed E-state index contributed by atoms with van der Waals surface area (Å²) in [5.41, 5.74) is 5.48. The van der Waals surface area contributed by atoms with E-state index in [4.69, 9.17) is 10.5 Å². The molecule has 0 radical (unpaired) electrons. The lowest BCUT2D eigenvalue weighted by Crippen LogP contribution is -2.06. The standard InChI is InChI=1S/C9H9BrFNO2/c1-2-14-9(13)5-3-6(10)8(12)7(11)4-5/h3-4H,2,12H2,1H3. The predicted octanol–water partition coefficient (Wildman–Crippen LogP) is 2.35. The molecule has 0 aliphatic carbocycles. The van der Waals surface area contributed by atoms with Crippen molar-refractivity contribution in [2.75, 3.05) is 12.3 Å². The molecule has 5 heteroatoms. The molecule has 0 unspecified atom stereocenters. The van der Waals surface area contributed by atoms with Gasteiger partial charge in [-0.3, -0.25) is 0 Å². The fraction of sp³-hybridized carbons (Fsp3) is 0.222. The lowest BCUT2D eigenvalue weighted by Gasteiger charge is -2.04. The first-order valence-corrected chi connectivity index (χ1v) is 4.77. The number of anilines is 1. The second-order valence-corrected chi connectivity index (χ2v) is 3.43. The minimum atomic E-state index is -0.637. The van der Waals surface area contributed by atoms with Gasteiger partial charge in [-0.1, -0.05) is 0 Å². The summed E-state index contributed by atoms with van der Waals surface area (Å²) >= 11 is 3.04. The van der Waals surface area contributed by atoms with Gasteiger partial charge in [0.2, 0.25) is 0 Å². The van der Waals surface area contributed by atoms with Gasteiger partial charge in [-0.05, 0) is 35.0 Å². The third-order valence-electron chi connectivity index (χ3n) is 1.59.